The van der Waals surface area contributed by atoms with Gasteiger partial charge in [0.15, 0.2) is 0 Å². The normalized spacial score (nSPS) is 12.1. The van der Waals surface area contributed by atoms with E-state index >= 15 is 0 Å². The monoisotopic (exact) mass is 363 g/mol. The highest BCUT2D eigenvalue weighted by Crippen LogP contribution is 2.05. The lowest BCUT2D eigenvalue weighted by Gasteiger charge is -2.13. The van der Waals surface area contributed by atoms with Gasteiger partial charge in [0.05, 0.1) is 6.61 Å². The minimum Gasteiger partial charge on any atom is -0.480 e. The van der Waals surface area contributed by atoms with Crippen LogP contribution in [-0.2, 0) is 22.7 Å². The van der Waals surface area contributed by atoms with Crippen molar-refractivity contribution < 1.29 is 19.8 Å². The smallest absolute Gasteiger partial charge is 0.326 e. The highest BCUT2D eigenvalue weighted by atomic mass is 32.2. The van der Waals surface area contributed by atoms with Crippen LogP contribution in [-0.4, -0.2) is 40.1 Å². The van der Waals surface area contributed by atoms with Crippen LogP contribution in [0.4, 0.5) is 0 Å². The van der Waals surface area contributed by atoms with Gasteiger partial charge in [0.25, 0.3) is 5.91 Å². The average molecular weight is 363 g/mol. The number of amides is 1. The molecule has 1 unspecified atom stereocenters. The third kappa shape index (κ3) is 7.28. The van der Waals surface area contributed by atoms with Crippen LogP contribution in [0.2, 0.25) is 0 Å². The van der Waals surface area contributed by atoms with Crippen LogP contribution in [0.5, 0.6) is 0 Å². The molecule has 134 valence electrons. The summed E-state index contributed by atoms with van der Waals surface area (Å²) >= 11 is 1.48. The zero-order valence-electron chi connectivity index (χ0n) is 13.9. The van der Waals surface area contributed by atoms with Gasteiger partial charge in [-0.15, -0.1) is 0 Å². The van der Waals surface area contributed by atoms with Crippen LogP contribution in [0, 0.1) is 11.3 Å². The molecule has 1 rings (SSSR count). The van der Waals surface area contributed by atoms with E-state index in [0.717, 1.165) is 11.1 Å². The SMILES string of the molecule is CSCCC(NC(=O)/C(C#N)=C\NCc1ccc(CO)cc1)C(=O)O. The van der Waals surface area contributed by atoms with Crippen LogP contribution in [0.15, 0.2) is 36.0 Å². The molecule has 0 radical (unpaired) electrons. The van der Waals surface area contributed by atoms with Crippen LogP contribution < -0.4 is 10.6 Å². The number of carboxylic acids is 1. The number of aliphatic hydroxyl groups is 1. The summed E-state index contributed by atoms with van der Waals surface area (Å²) in [6.07, 6.45) is 3.40. The van der Waals surface area contributed by atoms with E-state index in [1.165, 1.54) is 18.0 Å². The molecule has 0 aliphatic carbocycles. The molecule has 0 saturated carbocycles. The molecule has 1 aromatic rings. The first kappa shape index (κ1) is 20.5. The molecular formula is C17H21N3O4S. The molecule has 25 heavy (non-hydrogen) atoms. The number of nitrogens with zero attached hydrogens (tertiary/aromatic N) is 1. The summed E-state index contributed by atoms with van der Waals surface area (Å²) in [6, 6.07) is 7.94. The first-order valence-electron chi connectivity index (χ1n) is 7.56. The lowest BCUT2D eigenvalue weighted by Crippen LogP contribution is -2.41. The van der Waals surface area contributed by atoms with E-state index in [1.54, 1.807) is 18.2 Å². The fourth-order valence-electron chi connectivity index (χ4n) is 1.91. The molecule has 0 heterocycles. The minimum atomic E-state index is -1.13. The fraction of sp³-hybridized carbons (Fsp3) is 0.353. The van der Waals surface area contributed by atoms with Crippen LogP contribution >= 0.6 is 11.8 Å². The molecule has 1 amide bonds. The van der Waals surface area contributed by atoms with Crippen molar-refractivity contribution in [1.82, 2.24) is 10.6 Å². The number of nitrogens with one attached hydrogen (secondary N) is 2. The highest BCUT2D eigenvalue weighted by Gasteiger charge is 2.21. The van der Waals surface area contributed by atoms with E-state index in [4.69, 9.17) is 15.5 Å². The second-order valence-electron chi connectivity index (χ2n) is 5.17. The predicted octanol–water partition coefficient (Wildman–Crippen LogP) is 0.998. The highest BCUT2D eigenvalue weighted by molar-refractivity contribution is 7.98. The third-order valence-electron chi connectivity index (χ3n) is 3.34. The molecule has 0 aliphatic heterocycles. The molecule has 0 fully saturated rings. The number of nitriles is 1. The second-order valence-corrected chi connectivity index (χ2v) is 6.16. The molecule has 0 saturated heterocycles. The van der Waals surface area contributed by atoms with E-state index in [9.17, 15) is 9.59 Å². The van der Waals surface area contributed by atoms with Crippen LogP contribution in [0.25, 0.3) is 0 Å². The topological polar surface area (TPSA) is 122 Å². The lowest BCUT2D eigenvalue weighted by atomic mass is 10.1. The number of thioether (sulfide) groups is 1. The maximum atomic E-state index is 12.0. The zero-order chi connectivity index (χ0) is 18.7. The Balaban J connectivity index is 2.62. The van der Waals surface area contributed by atoms with Gasteiger partial charge in [-0.2, -0.15) is 17.0 Å². The fourth-order valence-corrected chi connectivity index (χ4v) is 2.38. The number of carboxylic acid groups (broad SMARTS) is 1. The number of hydrogen-bond acceptors (Lipinski definition) is 6. The number of aliphatic hydroxyl groups excluding tert-OH is 1. The summed E-state index contributed by atoms with van der Waals surface area (Å²) in [5.74, 6) is -1.26. The van der Waals surface area contributed by atoms with Crippen molar-refractivity contribution in [3.8, 4) is 6.07 Å². The van der Waals surface area contributed by atoms with Gasteiger partial charge in [0.1, 0.15) is 17.7 Å². The minimum absolute atomic E-state index is 0.0341. The summed E-state index contributed by atoms with van der Waals surface area (Å²) < 4.78 is 0. The van der Waals surface area contributed by atoms with Crippen molar-refractivity contribution in [2.75, 3.05) is 12.0 Å². The Bertz CT molecular complexity index is 653. The van der Waals surface area contributed by atoms with Crippen molar-refractivity contribution in [2.45, 2.75) is 25.6 Å². The molecule has 0 spiro atoms. The summed E-state index contributed by atoms with van der Waals surface area (Å²) in [7, 11) is 0. The van der Waals surface area contributed by atoms with Crippen molar-refractivity contribution in [2.24, 2.45) is 0 Å². The van der Waals surface area contributed by atoms with E-state index < -0.39 is 17.9 Å². The Morgan fingerprint density at radius 2 is 1.96 bits per heavy atom. The number of benzene rings is 1. The molecular weight excluding hydrogens is 342 g/mol. The molecule has 1 aromatic carbocycles. The average Bonchev–Trinajstić information content (AvgIpc) is 2.62. The van der Waals surface area contributed by atoms with E-state index in [1.807, 2.05) is 18.4 Å². The molecule has 0 aromatic heterocycles. The Kier molecular flexibility index (Phi) is 9.14. The number of hydrogen-bond donors (Lipinski definition) is 4. The molecule has 8 heteroatoms. The molecule has 1 atom stereocenters. The number of carbonyl (C=O) groups excluding carboxylic acids is 1. The summed E-state index contributed by atoms with van der Waals surface area (Å²) in [4.78, 5) is 23.2. The number of aliphatic carboxylic acids is 1. The van der Waals surface area contributed by atoms with Gasteiger partial charge in [-0.25, -0.2) is 4.79 Å². The second kappa shape index (κ2) is 11.1. The summed E-state index contributed by atoms with van der Waals surface area (Å²) in [5, 5.41) is 32.4. The van der Waals surface area contributed by atoms with Crippen LogP contribution in [0.3, 0.4) is 0 Å². The first-order valence-corrected chi connectivity index (χ1v) is 8.96. The van der Waals surface area contributed by atoms with Crippen molar-refractivity contribution >= 4 is 23.6 Å². The van der Waals surface area contributed by atoms with Crippen LogP contribution in [0.1, 0.15) is 17.5 Å². The number of carbonyl (C=O) groups is 2. The van der Waals surface area contributed by atoms with Crippen molar-refractivity contribution in [3.63, 3.8) is 0 Å². The Hall–Kier alpha value is -2.50. The van der Waals surface area contributed by atoms with E-state index in [-0.39, 0.29) is 18.6 Å². The van der Waals surface area contributed by atoms with E-state index in [2.05, 4.69) is 10.6 Å². The van der Waals surface area contributed by atoms with Gasteiger partial charge in [-0.05, 0) is 29.6 Å². The summed E-state index contributed by atoms with van der Waals surface area (Å²) in [6.45, 7) is 0.354. The third-order valence-corrected chi connectivity index (χ3v) is 3.98. The Morgan fingerprint density at radius 1 is 1.32 bits per heavy atom. The molecule has 4 N–H and O–H groups in total. The molecule has 7 nitrogen and oxygen atoms in total. The zero-order valence-corrected chi connectivity index (χ0v) is 14.7. The molecule has 0 aliphatic rings. The maximum Gasteiger partial charge on any atom is 0.326 e. The predicted molar refractivity (Wildman–Crippen MR) is 95.5 cm³/mol. The quantitative estimate of drug-likeness (QED) is 0.361. The lowest BCUT2D eigenvalue weighted by molar-refractivity contribution is -0.141. The summed E-state index contributed by atoms with van der Waals surface area (Å²) in [5.41, 5.74) is 1.51. The van der Waals surface area contributed by atoms with Gasteiger partial charge in [0.2, 0.25) is 0 Å². The van der Waals surface area contributed by atoms with Crippen molar-refractivity contribution in [3.05, 3.63) is 47.2 Å². The Morgan fingerprint density at radius 3 is 2.48 bits per heavy atom. The van der Waals surface area contributed by atoms with Gasteiger partial charge < -0.3 is 20.8 Å². The van der Waals surface area contributed by atoms with Gasteiger partial charge in [-0.1, -0.05) is 24.3 Å². The molecule has 0 bridgehead atoms. The van der Waals surface area contributed by atoms with Crippen molar-refractivity contribution in [1.29, 1.82) is 5.26 Å². The first-order chi connectivity index (χ1) is 12.0. The standard InChI is InChI=1S/C17H21N3O4S/c1-25-7-6-15(17(23)24)20-16(22)14(8-18)10-19-9-12-2-4-13(11-21)5-3-12/h2-5,10,15,19,21H,6-7,9,11H2,1H3,(H,20,22)(H,23,24)/b14-10-. The van der Waals surface area contributed by atoms with Gasteiger partial charge in [0, 0.05) is 12.7 Å². The van der Waals surface area contributed by atoms with Gasteiger partial charge in [-0.3, -0.25) is 4.79 Å². The number of rotatable bonds is 10. The van der Waals surface area contributed by atoms with E-state index in [0.29, 0.717) is 12.3 Å². The van der Waals surface area contributed by atoms with Gasteiger partial charge >= 0.3 is 5.97 Å². The largest absolute Gasteiger partial charge is 0.480 e. The Labute approximate surface area is 150 Å². The maximum absolute atomic E-state index is 12.0.